The smallest absolute Gasteiger partial charge is 0.264 e. The zero-order valence-electron chi connectivity index (χ0n) is 22.1. The molecule has 3 aromatic rings. The molecule has 202 valence electrons. The third kappa shape index (κ3) is 6.77. The van der Waals surface area contributed by atoms with Crippen molar-refractivity contribution in [2.75, 3.05) is 10.8 Å². The molecule has 1 atom stereocenters. The van der Waals surface area contributed by atoms with Crippen LogP contribution in [0.1, 0.15) is 38.3 Å². The normalized spacial score (nSPS) is 12.2. The fourth-order valence-electron chi connectivity index (χ4n) is 4.16. The maximum Gasteiger partial charge on any atom is 0.264 e. The number of halogens is 1. The standard InChI is InChI=1S/C29H34FN3O4S/c1-5-26(29(35)31-21(2)3)32(19-23-14-10-9-13-22(23)4)28(34)20-33(27-18-12-11-17-25(27)30)38(36,37)24-15-7-6-8-16-24/h6-18,21,26H,5,19-20H2,1-4H3,(H,31,35)/t26-/m1/s1. The fourth-order valence-corrected chi connectivity index (χ4v) is 5.60. The van der Waals surface area contributed by atoms with E-state index in [0.717, 1.165) is 21.5 Å². The van der Waals surface area contributed by atoms with Crippen molar-refractivity contribution in [3.8, 4) is 0 Å². The first-order chi connectivity index (χ1) is 18.1. The molecular formula is C29H34FN3O4S. The summed E-state index contributed by atoms with van der Waals surface area (Å²) in [4.78, 5) is 28.4. The zero-order chi connectivity index (χ0) is 27.9. The average Bonchev–Trinajstić information content (AvgIpc) is 2.88. The first-order valence-electron chi connectivity index (χ1n) is 12.5. The van der Waals surface area contributed by atoms with Crippen molar-refractivity contribution in [3.05, 3.63) is 95.8 Å². The molecular weight excluding hydrogens is 505 g/mol. The predicted molar refractivity (Wildman–Crippen MR) is 146 cm³/mol. The van der Waals surface area contributed by atoms with Gasteiger partial charge in [-0.1, -0.05) is 61.5 Å². The summed E-state index contributed by atoms with van der Waals surface area (Å²) < 4.78 is 43.1. The summed E-state index contributed by atoms with van der Waals surface area (Å²) >= 11 is 0. The maximum absolute atomic E-state index is 14.9. The van der Waals surface area contributed by atoms with Crippen LogP contribution in [0.4, 0.5) is 10.1 Å². The quantitative estimate of drug-likeness (QED) is 0.384. The van der Waals surface area contributed by atoms with Crippen LogP contribution in [0.2, 0.25) is 0 Å². The van der Waals surface area contributed by atoms with Crippen LogP contribution in [-0.4, -0.2) is 43.8 Å². The molecule has 0 unspecified atom stereocenters. The molecule has 0 aliphatic carbocycles. The van der Waals surface area contributed by atoms with Crippen molar-refractivity contribution >= 4 is 27.5 Å². The van der Waals surface area contributed by atoms with Gasteiger partial charge >= 0.3 is 0 Å². The van der Waals surface area contributed by atoms with E-state index >= 15 is 0 Å². The number of hydrogen-bond donors (Lipinski definition) is 1. The highest BCUT2D eigenvalue weighted by Crippen LogP contribution is 2.27. The Morgan fingerprint density at radius 2 is 1.53 bits per heavy atom. The van der Waals surface area contributed by atoms with Gasteiger partial charge in [0.05, 0.1) is 10.6 Å². The molecule has 7 nitrogen and oxygen atoms in total. The molecule has 0 radical (unpaired) electrons. The maximum atomic E-state index is 14.9. The van der Waals surface area contributed by atoms with Gasteiger partial charge in [-0.2, -0.15) is 0 Å². The summed E-state index contributed by atoms with van der Waals surface area (Å²) in [6.07, 6.45) is 0.307. The van der Waals surface area contributed by atoms with Gasteiger partial charge in [0, 0.05) is 12.6 Å². The monoisotopic (exact) mass is 539 g/mol. The molecule has 0 saturated heterocycles. The van der Waals surface area contributed by atoms with Gasteiger partial charge in [-0.3, -0.25) is 13.9 Å². The number of sulfonamides is 1. The molecule has 0 aliphatic heterocycles. The number of aryl methyl sites for hydroxylation is 1. The van der Waals surface area contributed by atoms with Crippen LogP contribution < -0.4 is 9.62 Å². The van der Waals surface area contributed by atoms with Crippen LogP contribution in [0.15, 0.2) is 83.8 Å². The number of amides is 2. The highest BCUT2D eigenvalue weighted by molar-refractivity contribution is 7.92. The number of nitrogens with one attached hydrogen (secondary N) is 1. The number of anilines is 1. The van der Waals surface area contributed by atoms with Crippen LogP contribution in [0.3, 0.4) is 0 Å². The lowest BCUT2D eigenvalue weighted by atomic mass is 10.1. The summed E-state index contributed by atoms with van der Waals surface area (Å²) in [7, 11) is -4.31. The number of benzene rings is 3. The van der Waals surface area contributed by atoms with Gasteiger partial charge in [0.15, 0.2) is 0 Å². The van der Waals surface area contributed by atoms with Crippen molar-refractivity contribution in [1.29, 1.82) is 0 Å². The molecule has 38 heavy (non-hydrogen) atoms. The number of rotatable bonds is 11. The highest BCUT2D eigenvalue weighted by Gasteiger charge is 2.34. The number of para-hydroxylation sites is 1. The molecule has 1 N–H and O–H groups in total. The van der Waals surface area contributed by atoms with E-state index in [2.05, 4.69) is 5.32 Å². The van der Waals surface area contributed by atoms with E-state index < -0.39 is 34.3 Å². The number of hydrogen-bond acceptors (Lipinski definition) is 4. The fraction of sp³-hybridized carbons (Fsp3) is 0.310. The number of carbonyl (C=O) groups excluding carboxylic acids is 2. The summed E-state index contributed by atoms with van der Waals surface area (Å²) in [5.41, 5.74) is 1.49. The molecule has 0 aliphatic rings. The Morgan fingerprint density at radius 1 is 0.921 bits per heavy atom. The SMILES string of the molecule is CC[C@H](C(=O)NC(C)C)N(Cc1ccccc1C)C(=O)CN(c1ccccc1F)S(=O)(=O)c1ccccc1. The Kier molecular flexibility index (Phi) is 9.63. The molecule has 0 fully saturated rings. The van der Waals surface area contributed by atoms with Gasteiger partial charge in [0.25, 0.3) is 10.0 Å². The van der Waals surface area contributed by atoms with E-state index in [1.807, 2.05) is 45.0 Å². The number of carbonyl (C=O) groups is 2. The Balaban J connectivity index is 2.08. The molecule has 0 aromatic heterocycles. The largest absolute Gasteiger partial charge is 0.352 e. The van der Waals surface area contributed by atoms with E-state index in [-0.39, 0.29) is 29.1 Å². The lowest BCUT2D eigenvalue weighted by Crippen LogP contribution is -2.53. The summed E-state index contributed by atoms with van der Waals surface area (Å²) in [5.74, 6) is -1.75. The lowest BCUT2D eigenvalue weighted by Gasteiger charge is -2.34. The van der Waals surface area contributed by atoms with E-state index in [1.165, 1.54) is 35.2 Å². The second-order valence-corrected chi connectivity index (χ2v) is 11.2. The van der Waals surface area contributed by atoms with Crippen LogP contribution in [0.25, 0.3) is 0 Å². The third-order valence-electron chi connectivity index (χ3n) is 6.15. The Bertz CT molecular complexity index is 1360. The second-order valence-electron chi connectivity index (χ2n) is 9.31. The van der Waals surface area contributed by atoms with Crippen molar-refractivity contribution in [2.45, 2.75) is 57.6 Å². The van der Waals surface area contributed by atoms with Crippen LogP contribution >= 0.6 is 0 Å². The van der Waals surface area contributed by atoms with Gasteiger partial charge in [-0.05, 0) is 62.6 Å². The molecule has 3 aromatic carbocycles. The van der Waals surface area contributed by atoms with Crippen LogP contribution in [-0.2, 0) is 26.2 Å². The summed E-state index contributed by atoms with van der Waals surface area (Å²) in [6, 6.07) is 19.4. The Hall–Kier alpha value is -3.72. The van der Waals surface area contributed by atoms with Gasteiger partial charge in [0.2, 0.25) is 11.8 Å². The third-order valence-corrected chi connectivity index (χ3v) is 7.92. The van der Waals surface area contributed by atoms with Crippen LogP contribution in [0, 0.1) is 12.7 Å². The second kappa shape index (κ2) is 12.7. The summed E-state index contributed by atoms with van der Waals surface area (Å²) in [6.45, 7) is 6.74. The minimum absolute atomic E-state index is 0.0777. The van der Waals surface area contributed by atoms with Crippen molar-refractivity contribution in [2.24, 2.45) is 0 Å². The molecule has 3 rings (SSSR count). The van der Waals surface area contributed by atoms with Gasteiger partial charge in [-0.15, -0.1) is 0 Å². The number of nitrogens with zero attached hydrogens (tertiary/aromatic N) is 2. The lowest BCUT2D eigenvalue weighted by molar-refractivity contribution is -0.140. The van der Waals surface area contributed by atoms with Crippen molar-refractivity contribution < 1.29 is 22.4 Å². The van der Waals surface area contributed by atoms with Crippen molar-refractivity contribution in [1.82, 2.24) is 10.2 Å². The molecule has 0 heterocycles. The zero-order valence-corrected chi connectivity index (χ0v) is 22.9. The first-order valence-corrected chi connectivity index (χ1v) is 14.0. The summed E-state index contributed by atoms with van der Waals surface area (Å²) in [5, 5.41) is 2.86. The molecule has 9 heteroatoms. The molecule has 0 saturated carbocycles. The van der Waals surface area contributed by atoms with Gasteiger partial charge in [-0.25, -0.2) is 12.8 Å². The van der Waals surface area contributed by atoms with Gasteiger partial charge < -0.3 is 10.2 Å². The predicted octanol–water partition coefficient (Wildman–Crippen LogP) is 4.66. The Labute approximate surface area is 224 Å². The molecule has 0 bridgehead atoms. The molecule has 2 amide bonds. The highest BCUT2D eigenvalue weighted by atomic mass is 32.2. The Morgan fingerprint density at radius 3 is 2.13 bits per heavy atom. The first kappa shape index (κ1) is 28.8. The van der Waals surface area contributed by atoms with E-state index in [0.29, 0.717) is 6.42 Å². The van der Waals surface area contributed by atoms with Gasteiger partial charge in [0.1, 0.15) is 18.4 Å². The van der Waals surface area contributed by atoms with E-state index in [1.54, 1.807) is 25.1 Å². The minimum Gasteiger partial charge on any atom is -0.352 e. The minimum atomic E-state index is -4.31. The molecule has 0 spiro atoms. The topological polar surface area (TPSA) is 86.8 Å². The van der Waals surface area contributed by atoms with Crippen LogP contribution in [0.5, 0.6) is 0 Å². The van der Waals surface area contributed by atoms with E-state index in [9.17, 15) is 22.4 Å². The van der Waals surface area contributed by atoms with Crippen molar-refractivity contribution in [3.63, 3.8) is 0 Å². The van der Waals surface area contributed by atoms with E-state index in [4.69, 9.17) is 0 Å². The average molecular weight is 540 g/mol.